The largest absolute Gasteiger partial charge is 0.261 e. The van der Waals surface area contributed by atoms with Crippen LogP contribution in [-0.2, 0) is 6.42 Å². The second-order valence-electron chi connectivity index (χ2n) is 1.59. The Bertz CT molecular complexity index is 314. The lowest BCUT2D eigenvalue weighted by Gasteiger charge is -1.91. The summed E-state index contributed by atoms with van der Waals surface area (Å²) in [6.45, 7) is 1.73. The second kappa shape index (κ2) is 2.58. The third-order valence-corrected chi connectivity index (χ3v) is 0.945. The fourth-order valence-corrected chi connectivity index (χ4v) is 0.498. The Morgan fingerprint density at radius 3 is 3.33 bits per heavy atom. The molecule has 0 aliphatic rings. The SMILES string of the molecule is [2H]c1nc(CC)c([2H])c(F)c1[2H]. The molecule has 48 valence electrons. The van der Waals surface area contributed by atoms with E-state index in [1.54, 1.807) is 6.92 Å². The molecule has 1 aromatic rings. The molecule has 0 aliphatic carbocycles. The molecule has 0 saturated heterocycles. The van der Waals surface area contributed by atoms with Gasteiger partial charge in [-0.25, -0.2) is 4.39 Å². The van der Waals surface area contributed by atoms with Gasteiger partial charge in [-0.2, -0.15) is 0 Å². The molecule has 0 unspecified atom stereocenters. The number of rotatable bonds is 1. The lowest BCUT2D eigenvalue weighted by Crippen LogP contribution is -1.85. The van der Waals surface area contributed by atoms with Crippen molar-refractivity contribution in [3.05, 3.63) is 29.8 Å². The predicted octanol–water partition coefficient (Wildman–Crippen LogP) is 1.78. The minimum Gasteiger partial charge on any atom is -0.261 e. The number of aryl methyl sites for hydroxylation is 1. The standard InChI is InChI=1S/C7H8FN/c1-2-7-5-6(8)3-4-9-7/h3-5H,2H2,1H3/i3D,4D,5D. The van der Waals surface area contributed by atoms with Crippen LogP contribution in [0.1, 0.15) is 16.7 Å². The first-order chi connectivity index (χ1) is 5.57. The molecular weight excluding hydrogens is 117 g/mol. The van der Waals surface area contributed by atoms with Gasteiger partial charge in [-0.1, -0.05) is 6.92 Å². The summed E-state index contributed by atoms with van der Waals surface area (Å²) in [5.74, 6) is -0.952. The number of pyridine rings is 1. The van der Waals surface area contributed by atoms with Gasteiger partial charge in [0.15, 0.2) is 0 Å². The van der Waals surface area contributed by atoms with E-state index in [-0.39, 0.29) is 11.7 Å². The van der Waals surface area contributed by atoms with E-state index in [0.29, 0.717) is 6.42 Å². The highest BCUT2D eigenvalue weighted by molar-refractivity contribution is 5.05. The van der Waals surface area contributed by atoms with Crippen molar-refractivity contribution in [1.29, 1.82) is 0 Å². The van der Waals surface area contributed by atoms with Gasteiger partial charge in [0.1, 0.15) is 5.82 Å². The predicted molar refractivity (Wildman–Crippen MR) is 33.6 cm³/mol. The third kappa shape index (κ3) is 1.49. The lowest BCUT2D eigenvalue weighted by molar-refractivity contribution is 0.622. The fraction of sp³-hybridized carbons (Fsp3) is 0.286. The molecule has 0 aromatic carbocycles. The molecule has 0 atom stereocenters. The normalized spacial score (nSPS) is 14.2. The zero-order valence-corrected chi connectivity index (χ0v) is 5.03. The van der Waals surface area contributed by atoms with E-state index in [2.05, 4.69) is 4.98 Å². The van der Waals surface area contributed by atoms with Gasteiger partial charge in [0.05, 0.1) is 4.11 Å². The maximum absolute atomic E-state index is 12.9. The van der Waals surface area contributed by atoms with Gasteiger partial charge >= 0.3 is 0 Å². The van der Waals surface area contributed by atoms with Crippen molar-refractivity contribution < 1.29 is 8.50 Å². The molecule has 0 amide bonds. The molecule has 9 heavy (non-hydrogen) atoms. The Morgan fingerprint density at radius 1 is 1.89 bits per heavy atom. The highest BCUT2D eigenvalue weighted by atomic mass is 19.1. The number of nitrogens with zero attached hydrogens (tertiary/aromatic N) is 1. The molecular formula is C7H8FN. The molecule has 0 spiro atoms. The Hall–Kier alpha value is -0.920. The van der Waals surface area contributed by atoms with Gasteiger partial charge in [-0.15, -0.1) is 0 Å². The molecule has 1 aromatic heterocycles. The van der Waals surface area contributed by atoms with Gasteiger partial charge in [0.2, 0.25) is 0 Å². The molecule has 1 nitrogen and oxygen atoms in total. The van der Waals surface area contributed by atoms with E-state index in [9.17, 15) is 4.39 Å². The van der Waals surface area contributed by atoms with Crippen molar-refractivity contribution >= 4 is 0 Å². The van der Waals surface area contributed by atoms with Crippen LogP contribution < -0.4 is 0 Å². The number of hydrogen-bond donors (Lipinski definition) is 0. The number of aromatic nitrogens is 1. The fourth-order valence-electron chi connectivity index (χ4n) is 0.498. The molecule has 0 saturated carbocycles. The Kier molecular flexibility index (Phi) is 0.944. The molecule has 0 aliphatic heterocycles. The van der Waals surface area contributed by atoms with Crippen LogP contribution in [-0.4, -0.2) is 4.98 Å². The Morgan fingerprint density at radius 2 is 2.67 bits per heavy atom. The van der Waals surface area contributed by atoms with Gasteiger partial charge in [-0.05, 0) is 18.5 Å². The van der Waals surface area contributed by atoms with Crippen LogP contribution in [0, 0.1) is 5.82 Å². The minimum atomic E-state index is -0.952. The molecule has 0 fully saturated rings. The Labute approximate surface area is 57.8 Å². The van der Waals surface area contributed by atoms with Gasteiger partial charge in [0.25, 0.3) is 0 Å². The minimum absolute atomic E-state index is 0.230. The van der Waals surface area contributed by atoms with Crippen LogP contribution in [0.3, 0.4) is 0 Å². The summed E-state index contributed by atoms with van der Waals surface area (Å²) in [4.78, 5) is 3.60. The maximum Gasteiger partial charge on any atom is 0.126 e. The van der Waals surface area contributed by atoms with Crippen molar-refractivity contribution in [2.24, 2.45) is 0 Å². The monoisotopic (exact) mass is 128 g/mol. The topological polar surface area (TPSA) is 12.9 Å². The molecule has 2 heteroatoms. The summed E-state index contributed by atoms with van der Waals surface area (Å²) in [5, 5.41) is 0. The first kappa shape index (κ1) is 3.30. The quantitative estimate of drug-likeness (QED) is 0.561. The van der Waals surface area contributed by atoms with Crippen molar-refractivity contribution in [3.63, 3.8) is 0 Å². The van der Waals surface area contributed by atoms with Crippen molar-refractivity contribution in [2.75, 3.05) is 0 Å². The zero-order valence-electron chi connectivity index (χ0n) is 8.03. The smallest absolute Gasteiger partial charge is 0.126 e. The van der Waals surface area contributed by atoms with Gasteiger partial charge in [-0.3, -0.25) is 4.98 Å². The van der Waals surface area contributed by atoms with Crippen LogP contribution in [0.5, 0.6) is 0 Å². The summed E-state index contributed by atoms with van der Waals surface area (Å²) >= 11 is 0. The van der Waals surface area contributed by atoms with Crippen LogP contribution in [0.4, 0.5) is 4.39 Å². The average Bonchev–Trinajstić information content (AvgIpc) is 2.08. The summed E-state index contributed by atoms with van der Waals surface area (Å²) < 4.78 is 34.2. The summed E-state index contributed by atoms with van der Waals surface area (Å²) in [6, 6.07) is -0.962. The molecule has 0 N–H and O–H groups in total. The Balaban J connectivity index is 3.39. The number of hydrogen-bond acceptors (Lipinski definition) is 1. The third-order valence-electron chi connectivity index (χ3n) is 0.945. The van der Waals surface area contributed by atoms with Crippen molar-refractivity contribution in [3.8, 4) is 0 Å². The van der Waals surface area contributed by atoms with E-state index in [4.69, 9.17) is 4.11 Å². The number of halogens is 1. The average molecular weight is 128 g/mol. The zero-order chi connectivity index (χ0) is 9.30. The van der Waals surface area contributed by atoms with Gasteiger partial charge in [0, 0.05) is 11.9 Å². The van der Waals surface area contributed by atoms with E-state index >= 15 is 0 Å². The van der Waals surface area contributed by atoms with Gasteiger partial charge < -0.3 is 0 Å². The van der Waals surface area contributed by atoms with Crippen LogP contribution in [0.2, 0.25) is 0 Å². The van der Waals surface area contributed by atoms with Crippen molar-refractivity contribution in [1.82, 2.24) is 4.98 Å². The van der Waals surface area contributed by atoms with Crippen molar-refractivity contribution in [2.45, 2.75) is 13.3 Å². The van der Waals surface area contributed by atoms with E-state index in [1.807, 2.05) is 0 Å². The van der Waals surface area contributed by atoms with E-state index < -0.39 is 18.0 Å². The van der Waals surface area contributed by atoms with Crippen LogP contribution in [0.15, 0.2) is 18.3 Å². The van der Waals surface area contributed by atoms with E-state index in [1.165, 1.54) is 0 Å². The highest BCUT2D eigenvalue weighted by Gasteiger charge is 1.90. The maximum atomic E-state index is 12.9. The highest BCUT2D eigenvalue weighted by Crippen LogP contribution is 1.98. The summed E-state index contributed by atoms with van der Waals surface area (Å²) in [7, 11) is 0. The van der Waals surface area contributed by atoms with Crippen LogP contribution >= 0.6 is 0 Å². The summed E-state index contributed by atoms with van der Waals surface area (Å²) in [6.07, 6.45) is 0.00222. The molecule has 1 rings (SSSR count). The molecule has 0 radical (unpaired) electrons. The summed E-state index contributed by atoms with van der Waals surface area (Å²) in [5.41, 5.74) is 0.230. The van der Waals surface area contributed by atoms with E-state index in [0.717, 1.165) is 0 Å². The first-order valence-electron chi connectivity index (χ1n) is 4.20. The molecule has 0 bridgehead atoms. The van der Waals surface area contributed by atoms with Crippen LogP contribution in [0.25, 0.3) is 0 Å². The molecule has 1 heterocycles. The first-order valence-corrected chi connectivity index (χ1v) is 2.70. The lowest BCUT2D eigenvalue weighted by atomic mass is 10.3. The second-order valence-corrected chi connectivity index (χ2v) is 1.59.